The molecule has 2 heterocycles. The van der Waals surface area contributed by atoms with Crippen LogP contribution < -0.4 is 10.6 Å². The van der Waals surface area contributed by atoms with Crippen LogP contribution in [0.15, 0.2) is 6.07 Å². The van der Waals surface area contributed by atoms with E-state index in [0.717, 1.165) is 38.0 Å². The van der Waals surface area contributed by atoms with E-state index in [1.165, 1.54) is 0 Å². The SMILES string of the molecule is CCOCc1nc(N)cc(N2CCCC2CCCO)n1. The predicted octanol–water partition coefficient (Wildman–Crippen LogP) is 1.34. The molecule has 0 bridgehead atoms. The molecule has 112 valence electrons. The maximum absolute atomic E-state index is 8.99. The van der Waals surface area contributed by atoms with Crippen LogP contribution in [0.2, 0.25) is 0 Å². The largest absolute Gasteiger partial charge is 0.396 e. The number of rotatable bonds is 7. The zero-order valence-electron chi connectivity index (χ0n) is 12.1. The molecule has 0 aliphatic carbocycles. The summed E-state index contributed by atoms with van der Waals surface area (Å²) in [6.07, 6.45) is 4.11. The summed E-state index contributed by atoms with van der Waals surface area (Å²) in [6, 6.07) is 2.27. The number of nitrogens with zero attached hydrogens (tertiary/aromatic N) is 3. The van der Waals surface area contributed by atoms with Gasteiger partial charge >= 0.3 is 0 Å². The molecule has 1 aliphatic rings. The average Bonchev–Trinajstić information content (AvgIpc) is 2.90. The van der Waals surface area contributed by atoms with Crippen LogP contribution in [0.4, 0.5) is 11.6 Å². The first-order valence-electron chi connectivity index (χ1n) is 7.33. The van der Waals surface area contributed by atoms with Gasteiger partial charge in [-0.3, -0.25) is 0 Å². The van der Waals surface area contributed by atoms with E-state index in [2.05, 4.69) is 14.9 Å². The van der Waals surface area contributed by atoms with Crippen LogP contribution in [0.1, 0.15) is 38.4 Å². The van der Waals surface area contributed by atoms with Crippen LogP contribution in [-0.2, 0) is 11.3 Å². The number of hydrogen-bond donors (Lipinski definition) is 2. The summed E-state index contributed by atoms with van der Waals surface area (Å²) in [5.74, 6) is 2.00. The molecular formula is C14H24N4O2. The third-order valence-electron chi connectivity index (χ3n) is 3.58. The highest BCUT2D eigenvalue weighted by Gasteiger charge is 2.25. The Morgan fingerprint density at radius 2 is 2.35 bits per heavy atom. The smallest absolute Gasteiger partial charge is 0.158 e. The van der Waals surface area contributed by atoms with E-state index in [1.807, 2.05) is 13.0 Å². The third kappa shape index (κ3) is 3.80. The van der Waals surface area contributed by atoms with Crippen molar-refractivity contribution in [3.63, 3.8) is 0 Å². The van der Waals surface area contributed by atoms with Gasteiger partial charge in [0, 0.05) is 31.9 Å². The maximum Gasteiger partial charge on any atom is 0.158 e. The first-order valence-corrected chi connectivity index (χ1v) is 7.33. The summed E-state index contributed by atoms with van der Waals surface area (Å²) in [5.41, 5.74) is 5.87. The lowest BCUT2D eigenvalue weighted by molar-refractivity contribution is 0.128. The van der Waals surface area contributed by atoms with Crippen molar-refractivity contribution in [1.82, 2.24) is 9.97 Å². The highest BCUT2D eigenvalue weighted by Crippen LogP contribution is 2.27. The second-order valence-corrected chi connectivity index (χ2v) is 5.06. The van der Waals surface area contributed by atoms with E-state index in [4.69, 9.17) is 15.6 Å². The summed E-state index contributed by atoms with van der Waals surface area (Å²) >= 11 is 0. The Bertz CT molecular complexity index is 428. The summed E-state index contributed by atoms with van der Waals surface area (Å²) in [5, 5.41) is 8.99. The lowest BCUT2D eigenvalue weighted by atomic mass is 10.1. The Balaban J connectivity index is 2.11. The highest BCUT2D eigenvalue weighted by atomic mass is 16.5. The number of aromatic nitrogens is 2. The Kier molecular flexibility index (Phi) is 5.55. The van der Waals surface area contributed by atoms with Gasteiger partial charge in [-0.1, -0.05) is 0 Å². The van der Waals surface area contributed by atoms with Crippen molar-refractivity contribution in [2.75, 3.05) is 30.4 Å². The number of aliphatic hydroxyl groups is 1. The molecule has 2 rings (SSSR count). The van der Waals surface area contributed by atoms with Crippen molar-refractivity contribution in [2.45, 2.75) is 45.3 Å². The maximum atomic E-state index is 8.99. The molecule has 1 saturated heterocycles. The van der Waals surface area contributed by atoms with Crippen molar-refractivity contribution in [3.05, 3.63) is 11.9 Å². The van der Waals surface area contributed by atoms with Gasteiger partial charge in [-0.05, 0) is 32.6 Å². The quantitative estimate of drug-likeness (QED) is 0.784. The standard InChI is InChI=1S/C14H24N4O2/c1-2-20-10-13-16-12(15)9-14(17-13)18-7-3-5-11(18)6-4-8-19/h9,11,19H,2-8,10H2,1H3,(H2,15,16,17). The van der Waals surface area contributed by atoms with Gasteiger partial charge in [0.05, 0.1) is 0 Å². The van der Waals surface area contributed by atoms with Crippen molar-refractivity contribution >= 4 is 11.6 Å². The number of aliphatic hydroxyl groups excluding tert-OH is 1. The van der Waals surface area contributed by atoms with E-state index in [-0.39, 0.29) is 6.61 Å². The summed E-state index contributed by atoms with van der Waals surface area (Å²) in [6.45, 7) is 4.20. The van der Waals surface area contributed by atoms with Gasteiger partial charge in [0.2, 0.25) is 0 Å². The molecule has 1 fully saturated rings. The van der Waals surface area contributed by atoms with Crippen LogP contribution in [0.3, 0.4) is 0 Å². The first kappa shape index (κ1) is 15.0. The zero-order chi connectivity index (χ0) is 14.4. The molecule has 3 N–H and O–H groups in total. The van der Waals surface area contributed by atoms with Crippen molar-refractivity contribution in [2.24, 2.45) is 0 Å². The van der Waals surface area contributed by atoms with E-state index in [0.29, 0.717) is 30.9 Å². The van der Waals surface area contributed by atoms with E-state index < -0.39 is 0 Å². The third-order valence-corrected chi connectivity index (χ3v) is 3.58. The predicted molar refractivity (Wildman–Crippen MR) is 78.5 cm³/mol. The fraction of sp³-hybridized carbons (Fsp3) is 0.714. The zero-order valence-corrected chi connectivity index (χ0v) is 12.1. The van der Waals surface area contributed by atoms with Crippen LogP contribution in [-0.4, -0.2) is 40.9 Å². The summed E-state index contributed by atoms with van der Waals surface area (Å²) in [4.78, 5) is 11.0. The molecule has 0 amide bonds. The molecule has 0 spiro atoms. The summed E-state index contributed by atoms with van der Waals surface area (Å²) < 4.78 is 5.35. The van der Waals surface area contributed by atoms with Gasteiger partial charge in [-0.15, -0.1) is 0 Å². The van der Waals surface area contributed by atoms with E-state index >= 15 is 0 Å². The molecule has 1 aliphatic heterocycles. The molecule has 0 aromatic carbocycles. The monoisotopic (exact) mass is 280 g/mol. The fourth-order valence-electron chi connectivity index (χ4n) is 2.67. The number of nitrogen functional groups attached to an aromatic ring is 1. The van der Waals surface area contributed by atoms with Crippen LogP contribution >= 0.6 is 0 Å². The number of hydrogen-bond acceptors (Lipinski definition) is 6. The highest BCUT2D eigenvalue weighted by molar-refractivity contribution is 5.48. The summed E-state index contributed by atoms with van der Waals surface area (Å²) in [7, 11) is 0. The van der Waals surface area contributed by atoms with Crippen LogP contribution in [0.5, 0.6) is 0 Å². The van der Waals surface area contributed by atoms with Gasteiger partial charge < -0.3 is 20.5 Å². The lowest BCUT2D eigenvalue weighted by Gasteiger charge is -2.26. The second kappa shape index (κ2) is 7.40. The minimum atomic E-state index is 0.242. The van der Waals surface area contributed by atoms with Gasteiger partial charge in [-0.2, -0.15) is 0 Å². The van der Waals surface area contributed by atoms with Gasteiger partial charge in [0.25, 0.3) is 0 Å². The molecule has 0 saturated carbocycles. The topological polar surface area (TPSA) is 84.5 Å². The van der Waals surface area contributed by atoms with Crippen LogP contribution in [0, 0.1) is 0 Å². The molecular weight excluding hydrogens is 256 g/mol. The normalized spacial score (nSPS) is 18.7. The Morgan fingerprint density at radius 1 is 1.50 bits per heavy atom. The fourth-order valence-corrected chi connectivity index (χ4v) is 2.67. The van der Waals surface area contributed by atoms with Gasteiger partial charge in [0.15, 0.2) is 5.82 Å². The molecule has 20 heavy (non-hydrogen) atoms. The molecule has 1 aromatic heterocycles. The van der Waals surface area contributed by atoms with Crippen molar-refractivity contribution < 1.29 is 9.84 Å². The lowest BCUT2D eigenvalue weighted by Crippen LogP contribution is -2.30. The minimum Gasteiger partial charge on any atom is -0.396 e. The minimum absolute atomic E-state index is 0.242. The molecule has 1 atom stereocenters. The Labute approximate surface area is 120 Å². The number of anilines is 2. The molecule has 1 aromatic rings. The second-order valence-electron chi connectivity index (χ2n) is 5.06. The Hall–Kier alpha value is -1.40. The number of nitrogens with two attached hydrogens (primary N) is 1. The molecule has 0 radical (unpaired) electrons. The molecule has 6 heteroatoms. The van der Waals surface area contributed by atoms with Crippen molar-refractivity contribution in [3.8, 4) is 0 Å². The van der Waals surface area contributed by atoms with E-state index in [1.54, 1.807) is 0 Å². The van der Waals surface area contributed by atoms with Crippen molar-refractivity contribution in [1.29, 1.82) is 0 Å². The Morgan fingerprint density at radius 3 is 3.10 bits per heavy atom. The average molecular weight is 280 g/mol. The van der Waals surface area contributed by atoms with Gasteiger partial charge in [-0.25, -0.2) is 9.97 Å². The van der Waals surface area contributed by atoms with E-state index in [9.17, 15) is 0 Å². The number of ether oxygens (including phenoxy) is 1. The molecule has 1 unspecified atom stereocenters. The first-order chi connectivity index (χ1) is 9.74. The van der Waals surface area contributed by atoms with Gasteiger partial charge in [0.1, 0.15) is 18.2 Å². The molecule has 6 nitrogen and oxygen atoms in total. The van der Waals surface area contributed by atoms with Crippen LogP contribution in [0.25, 0.3) is 0 Å².